The summed E-state index contributed by atoms with van der Waals surface area (Å²) >= 11 is 8.24. The van der Waals surface area contributed by atoms with Gasteiger partial charge in [-0.2, -0.15) is 0 Å². The fourth-order valence-corrected chi connectivity index (χ4v) is 3.66. The van der Waals surface area contributed by atoms with Crippen molar-refractivity contribution < 1.29 is 0 Å². The third-order valence-electron chi connectivity index (χ3n) is 3.60. The molecule has 1 nitrogen and oxygen atoms in total. The number of hydrogen-bond donors (Lipinski definition) is 0. The molecule has 3 atom stereocenters. The molecular weight excluding hydrogens is 238 g/mol. The molecule has 0 bridgehead atoms. The quantitative estimate of drug-likeness (QED) is 0.730. The van der Waals surface area contributed by atoms with Gasteiger partial charge in [-0.15, -0.1) is 22.9 Å². The van der Waals surface area contributed by atoms with Gasteiger partial charge in [0, 0.05) is 23.5 Å². The summed E-state index contributed by atoms with van der Waals surface area (Å²) in [6.07, 6.45) is 4.00. The molecule has 0 aromatic carbocycles. The molecule has 1 aromatic rings. The first-order chi connectivity index (χ1) is 7.68. The Labute approximate surface area is 107 Å². The van der Waals surface area contributed by atoms with Crippen LogP contribution in [0.2, 0.25) is 0 Å². The SMILES string of the molecule is CC1CCCC(C)N1CC(Cl)c1cccs1. The van der Waals surface area contributed by atoms with E-state index in [2.05, 4.69) is 36.3 Å². The van der Waals surface area contributed by atoms with Crippen LogP contribution in [0.25, 0.3) is 0 Å². The number of alkyl halides is 1. The van der Waals surface area contributed by atoms with Crippen LogP contribution in [-0.4, -0.2) is 23.5 Å². The van der Waals surface area contributed by atoms with Gasteiger partial charge in [0.25, 0.3) is 0 Å². The van der Waals surface area contributed by atoms with Crippen LogP contribution >= 0.6 is 22.9 Å². The van der Waals surface area contributed by atoms with Crippen molar-refractivity contribution in [2.24, 2.45) is 0 Å². The molecule has 3 unspecified atom stereocenters. The minimum absolute atomic E-state index is 0.156. The van der Waals surface area contributed by atoms with Gasteiger partial charge < -0.3 is 0 Å². The van der Waals surface area contributed by atoms with Crippen molar-refractivity contribution in [2.45, 2.75) is 50.6 Å². The van der Waals surface area contributed by atoms with Crippen molar-refractivity contribution in [1.29, 1.82) is 0 Å². The van der Waals surface area contributed by atoms with Crippen molar-refractivity contribution in [2.75, 3.05) is 6.54 Å². The molecule has 1 aliphatic rings. The molecule has 0 radical (unpaired) electrons. The number of piperidine rings is 1. The zero-order valence-electron chi connectivity index (χ0n) is 10.0. The molecule has 16 heavy (non-hydrogen) atoms. The van der Waals surface area contributed by atoms with E-state index in [4.69, 9.17) is 11.6 Å². The molecule has 2 rings (SSSR count). The molecule has 1 aromatic heterocycles. The molecule has 90 valence electrons. The number of hydrogen-bond acceptors (Lipinski definition) is 2. The van der Waals surface area contributed by atoms with Crippen LogP contribution in [-0.2, 0) is 0 Å². The monoisotopic (exact) mass is 257 g/mol. The Hall–Kier alpha value is -0.0500. The summed E-state index contributed by atoms with van der Waals surface area (Å²) in [5.41, 5.74) is 0. The minimum atomic E-state index is 0.156. The van der Waals surface area contributed by atoms with Crippen LogP contribution in [0, 0.1) is 0 Å². The first-order valence-corrected chi connectivity index (χ1v) is 7.43. The van der Waals surface area contributed by atoms with Gasteiger partial charge in [0.2, 0.25) is 0 Å². The Morgan fingerprint density at radius 2 is 2.12 bits per heavy atom. The van der Waals surface area contributed by atoms with E-state index in [1.165, 1.54) is 24.1 Å². The lowest BCUT2D eigenvalue weighted by molar-refractivity contribution is 0.104. The second-order valence-corrected chi connectivity index (χ2v) is 6.31. The van der Waals surface area contributed by atoms with Crippen LogP contribution in [0.1, 0.15) is 43.4 Å². The molecule has 3 heteroatoms. The van der Waals surface area contributed by atoms with Crippen LogP contribution in [0.5, 0.6) is 0 Å². The second kappa shape index (κ2) is 5.52. The topological polar surface area (TPSA) is 3.24 Å². The highest BCUT2D eigenvalue weighted by Gasteiger charge is 2.26. The summed E-state index contributed by atoms with van der Waals surface area (Å²) in [5, 5.41) is 2.26. The highest BCUT2D eigenvalue weighted by Crippen LogP contribution is 2.30. The minimum Gasteiger partial charge on any atom is -0.296 e. The van der Waals surface area contributed by atoms with E-state index < -0.39 is 0 Å². The van der Waals surface area contributed by atoms with E-state index >= 15 is 0 Å². The maximum Gasteiger partial charge on any atom is 0.0805 e. The summed E-state index contributed by atoms with van der Waals surface area (Å²) in [6, 6.07) is 5.59. The Balaban J connectivity index is 1.97. The number of halogens is 1. The molecule has 0 spiro atoms. The summed E-state index contributed by atoms with van der Waals surface area (Å²) in [6.45, 7) is 5.64. The number of rotatable bonds is 3. The van der Waals surface area contributed by atoms with Gasteiger partial charge in [0.05, 0.1) is 5.38 Å². The number of nitrogens with zero attached hydrogens (tertiary/aromatic N) is 1. The lowest BCUT2D eigenvalue weighted by atomic mass is 9.97. The smallest absolute Gasteiger partial charge is 0.0805 e. The molecule has 0 N–H and O–H groups in total. The molecule has 0 saturated carbocycles. The Morgan fingerprint density at radius 1 is 1.44 bits per heavy atom. The summed E-state index contributed by atoms with van der Waals surface area (Å²) < 4.78 is 0. The van der Waals surface area contributed by atoms with Crippen LogP contribution in [0.3, 0.4) is 0 Å². The first-order valence-electron chi connectivity index (χ1n) is 6.11. The van der Waals surface area contributed by atoms with E-state index in [0.29, 0.717) is 12.1 Å². The summed E-state index contributed by atoms with van der Waals surface area (Å²) in [4.78, 5) is 3.87. The van der Waals surface area contributed by atoms with Crippen molar-refractivity contribution in [3.05, 3.63) is 22.4 Å². The predicted octanol–water partition coefficient (Wildman–Crippen LogP) is 4.29. The summed E-state index contributed by atoms with van der Waals surface area (Å²) in [5.74, 6) is 0. The van der Waals surface area contributed by atoms with E-state index in [-0.39, 0.29) is 5.38 Å². The maximum atomic E-state index is 6.48. The van der Waals surface area contributed by atoms with E-state index in [9.17, 15) is 0 Å². The molecule has 1 fully saturated rings. The third kappa shape index (κ3) is 2.79. The predicted molar refractivity (Wildman–Crippen MR) is 72.4 cm³/mol. The largest absolute Gasteiger partial charge is 0.296 e. The number of likely N-dealkylation sites (tertiary alicyclic amines) is 1. The molecule has 1 aliphatic heterocycles. The van der Waals surface area contributed by atoms with E-state index in [1.807, 2.05) is 0 Å². The normalized spacial score (nSPS) is 29.2. The molecule has 0 aliphatic carbocycles. The van der Waals surface area contributed by atoms with Crippen LogP contribution in [0.15, 0.2) is 17.5 Å². The molecule has 2 heterocycles. The highest BCUT2D eigenvalue weighted by molar-refractivity contribution is 7.10. The van der Waals surface area contributed by atoms with Gasteiger partial charge >= 0.3 is 0 Å². The van der Waals surface area contributed by atoms with Gasteiger partial charge in [-0.25, -0.2) is 0 Å². The van der Waals surface area contributed by atoms with E-state index in [0.717, 1.165) is 6.54 Å². The van der Waals surface area contributed by atoms with Crippen molar-refractivity contribution >= 4 is 22.9 Å². The van der Waals surface area contributed by atoms with Crippen molar-refractivity contribution in [3.63, 3.8) is 0 Å². The highest BCUT2D eigenvalue weighted by atomic mass is 35.5. The average molecular weight is 258 g/mol. The van der Waals surface area contributed by atoms with Gasteiger partial charge in [0.1, 0.15) is 0 Å². The Bertz CT molecular complexity index is 302. The van der Waals surface area contributed by atoms with E-state index in [1.54, 1.807) is 11.3 Å². The van der Waals surface area contributed by atoms with Gasteiger partial charge in [0.15, 0.2) is 0 Å². The molecule has 1 saturated heterocycles. The fourth-order valence-electron chi connectivity index (χ4n) is 2.58. The standard InChI is InChI=1S/C13H20ClNS/c1-10-5-3-6-11(2)15(10)9-12(14)13-7-4-8-16-13/h4,7-8,10-12H,3,5-6,9H2,1-2H3. The average Bonchev–Trinajstić information content (AvgIpc) is 2.76. The molecular formula is C13H20ClNS. The van der Waals surface area contributed by atoms with Gasteiger partial charge in [-0.05, 0) is 38.1 Å². The Kier molecular flexibility index (Phi) is 4.28. The first kappa shape index (κ1) is 12.4. The number of thiophene rings is 1. The maximum absolute atomic E-state index is 6.48. The zero-order chi connectivity index (χ0) is 11.5. The molecule has 0 amide bonds. The Morgan fingerprint density at radius 3 is 2.69 bits per heavy atom. The van der Waals surface area contributed by atoms with Gasteiger partial charge in [-0.3, -0.25) is 4.90 Å². The third-order valence-corrected chi connectivity index (χ3v) is 5.09. The summed E-state index contributed by atoms with van der Waals surface area (Å²) in [7, 11) is 0. The fraction of sp³-hybridized carbons (Fsp3) is 0.692. The van der Waals surface area contributed by atoms with Crippen LogP contribution < -0.4 is 0 Å². The lowest BCUT2D eigenvalue weighted by Gasteiger charge is -2.39. The van der Waals surface area contributed by atoms with Crippen molar-refractivity contribution in [1.82, 2.24) is 4.90 Å². The van der Waals surface area contributed by atoms with Crippen LogP contribution in [0.4, 0.5) is 0 Å². The lowest BCUT2D eigenvalue weighted by Crippen LogP contribution is -2.45. The van der Waals surface area contributed by atoms with Gasteiger partial charge in [-0.1, -0.05) is 12.5 Å². The van der Waals surface area contributed by atoms with Crippen molar-refractivity contribution in [3.8, 4) is 0 Å². The second-order valence-electron chi connectivity index (χ2n) is 4.81. The zero-order valence-corrected chi connectivity index (χ0v) is 11.6.